The molecule has 0 saturated heterocycles. The van der Waals surface area contributed by atoms with Gasteiger partial charge in [-0.05, 0) is 44.5 Å². The van der Waals surface area contributed by atoms with Crippen molar-refractivity contribution in [1.82, 2.24) is 4.98 Å². The van der Waals surface area contributed by atoms with Crippen molar-refractivity contribution in [3.05, 3.63) is 59.5 Å². The highest BCUT2D eigenvalue weighted by atomic mass is 16.3. The van der Waals surface area contributed by atoms with E-state index in [1.54, 1.807) is 18.5 Å². The molecule has 0 aliphatic rings. The Kier molecular flexibility index (Phi) is 2.34. The second kappa shape index (κ2) is 4.92. The van der Waals surface area contributed by atoms with Crippen LogP contribution in [-0.4, -0.2) is 4.98 Å². The fraction of sp³-hybridized carbons (Fsp3) is 0.200. The normalized spacial score (nSPS) is 14.0. The highest BCUT2D eigenvalue weighted by Crippen LogP contribution is 2.37. The standard InChI is InChI=1S/C20H19N2O/c1-12-5-7-16(22(4)11-12)19-13(2)6-8-17-20(19)15-9-14(3)21-10-18(15)23-17/h5-11H,1-4H3/q+1/i1D3. The Morgan fingerprint density at radius 1 is 1.13 bits per heavy atom. The van der Waals surface area contributed by atoms with E-state index in [0.717, 1.165) is 44.5 Å². The summed E-state index contributed by atoms with van der Waals surface area (Å²) < 4.78 is 30.7. The van der Waals surface area contributed by atoms with Crippen LogP contribution in [0, 0.1) is 20.7 Å². The fourth-order valence-electron chi connectivity index (χ4n) is 3.18. The molecule has 0 bridgehead atoms. The summed E-state index contributed by atoms with van der Waals surface area (Å²) in [5.74, 6) is 0. The van der Waals surface area contributed by atoms with Gasteiger partial charge in [0.25, 0.3) is 0 Å². The van der Waals surface area contributed by atoms with E-state index in [-0.39, 0.29) is 0 Å². The number of pyridine rings is 2. The molecule has 3 heterocycles. The predicted octanol–water partition coefficient (Wildman–Crippen LogP) is 4.40. The second-order valence-electron chi connectivity index (χ2n) is 5.97. The van der Waals surface area contributed by atoms with Gasteiger partial charge in [-0.2, -0.15) is 0 Å². The Bertz CT molecular complexity index is 1160. The number of nitrogens with zero attached hydrogens (tertiary/aromatic N) is 2. The smallest absolute Gasteiger partial charge is 0.213 e. The van der Waals surface area contributed by atoms with Crippen LogP contribution in [0.1, 0.15) is 20.9 Å². The number of aryl methyl sites for hydroxylation is 4. The van der Waals surface area contributed by atoms with Crippen LogP contribution in [0.3, 0.4) is 0 Å². The molecule has 4 aromatic rings. The van der Waals surface area contributed by atoms with Crippen LogP contribution < -0.4 is 4.57 Å². The molecule has 4 rings (SSSR count). The molecule has 114 valence electrons. The van der Waals surface area contributed by atoms with Crippen LogP contribution in [-0.2, 0) is 7.05 Å². The first-order valence-electron chi connectivity index (χ1n) is 9.05. The summed E-state index contributed by atoms with van der Waals surface area (Å²) in [4.78, 5) is 4.32. The Balaban J connectivity index is 2.07. The minimum absolute atomic E-state index is 0.325. The van der Waals surface area contributed by atoms with Gasteiger partial charge < -0.3 is 4.42 Å². The third-order valence-corrected chi connectivity index (χ3v) is 4.26. The van der Waals surface area contributed by atoms with Crippen molar-refractivity contribution >= 4 is 21.9 Å². The Labute approximate surface area is 139 Å². The largest absolute Gasteiger partial charge is 0.454 e. The lowest BCUT2D eigenvalue weighted by molar-refractivity contribution is -0.660. The zero-order valence-electron chi connectivity index (χ0n) is 16.3. The van der Waals surface area contributed by atoms with E-state index in [4.69, 9.17) is 8.53 Å². The summed E-state index contributed by atoms with van der Waals surface area (Å²) in [5, 5.41) is 2.05. The highest BCUT2D eigenvalue weighted by Gasteiger charge is 2.20. The van der Waals surface area contributed by atoms with E-state index in [0.29, 0.717) is 5.56 Å². The summed E-state index contributed by atoms with van der Waals surface area (Å²) in [7, 11) is 1.87. The lowest BCUT2D eigenvalue weighted by Gasteiger charge is -2.07. The first kappa shape index (κ1) is 10.9. The Morgan fingerprint density at radius 2 is 2.00 bits per heavy atom. The molecule has 0 N–H and O–H groups in total. The Morgan fingerprint density at radius 3 is 2.78 bits per heavy atom. The molecule has 0 saturated carbocycles. The molecule has 0 spiro atoms. The molecular weight excluding hydrogens is 284 g/mol. The monoisotopic (exact) mass is 306 g/mol. The molecule has 3 heteroatoms. The van der Waals surface area contributed by atoms with Gasteiger partial charge in [0, 0.05) is 32.2 Å². The van der Waals surface area contributed by atoms with Crippen LogP contribution in [0.5, 0.6) is 0 Å². The van der Waals surface area contributed by atoms with Crippen molar-refractivity contribution in [2.45, 2.75) is 20.7 Å². The number of hydrogen-bond acceptors (Lipinski definition) is 2. The first-order valence-corrected chi connectivity index (χ1v) is 7.55. The van der Waals surface area contributed by atoms with Gasteiger partial charge in [0.05, 0.1) is 11.8 Å². The van der Waals surface area contributed by atoms with Crippen molar-refractivity contribution in [2.75, 3.05) is 0 Å². The van der Waals surface area contributed by atoms with E-state index in [1.165, 1.54) is 0 Å². The third-order valence-electron chi connectivity index (χ3n) is 4.26. The summed E-state index contributed by atoms with van der Waals surface area (Å²) in [6, 6.07) is 9.57. The van der Waals surface area contributed by atoms with Gasteiger partial charge in [0.1, 0.15) is 12.6 Å². The lowest BCUT2D eigenvalue weighted by Crippen LogP contribution is -2.31. The molecule has 0 radical (unpaired) electrons. The van der Waals surface area contributed by atoms with Crippen LogP contribution in [0.2, 0.25) is 0 Å². The number of fused-ring (bicyclic) bond motifs is 3. The average molecular weight is 306 g/mol. The van der Waals surface area contributed by atoms with Gasteiger partial charge in [-0.25, -0.2) is 4.57 Å². The third kappa shape index (κ3) is 2.12. The van der Waals surface area contributed by atoms with Crippen LogP contribution >= 0.6 is 0 Å². The number of rotatable bonds is 1. The molecule has 0 atom stereocenters. The zero-order chi connectivity index (χ0) is 18.6. The van der Waals surface area contributed by atoms with E-state index in [1.807, 2.05) is 42.8 Å². The van der Waals surface area contributed by atoms with Gasteiger partial charge in [-0.15, -0.1) is 0 Å². The molecule has 3 nitrogen and oxygen atoms in total. The van der Waals surface area contributed by atoms with E-state index >= 15 is 0 Å². The van der Waals surface area contributed by atoms with Crippen molar-refractivity contribution in [3.63, 3.8) is 0 Å². The Hall–Kier alpha value is -2.68. The van der Waals surface area contributed by atoms with E-state index in [2.05, 4.69) is 11.9 Å². The number of hydrogen-bond donors (Lipinski definition) is 0. The van der Waals surface area contributed by atoms with Gasteiger partial charge >= 0.3 is 0 Å². The maximum absolute atomic E-state index is 7.62. The number of aromatic nitrogens is 2. The first-order chi connectivity index (χ1) is 12.3. The summed E-state index contributed by atoms with van der Waals surface area (Å²) in [6.45, 7) is 1.89. The topological polar surface area (TPSA) is 29.9 Å². The number of benzene rings is 1. The molecular formula is C20H19N2O+. The van der Waals surface area contributed by atoms with Crippen LogP contribution in [0.15, 0.2) is 47.1 Å². The van der Waals surface area contributed by atoms with Crippen molar-refractivity contribution in [1.29, 1.82) is 0 Å². The van der Waals surface area contributed by atoms with Gasteiger partial charge in [0.15, 0.2) is 11.8 Å². The molecule has 0 amide bonds. The minimum Gasteiger partial charge on any atom is -0.454 e. The van der Waals surface area contributed by atoms with Crippen LogP contribution in [0.4, 0.5) is 0 Å². The van der Waals surface area contributed by atoms with Crippen molar-refractivity contribution in [2.24, 2.45) is 7.05 Å². The molecule has 0 unspecified atom stereocenters. The van der Waals surface area contributed by atoms with Gasteiger partial charge in [0.2, 0.25) is 5.69 Å². The van der Waals surface area contributed by atoms with Crippen LogP contribution in [0.25, 0.3) is 33.2 Å². The average Bonchev–Trinajstić information content (AvgIpc) is 2.92. The summed E-state index contributed by atoms with van der Waals surface area (Å²) in [6.07, 6.45) is 3.43. The van der Waals surface area contributed by atoms with Crippen molar-refractivity contribution < 1.29 is 13.1 Å². The molecule has 0 fully saturated rings. The highest BCUT2D eigenvalue weighted by molar-refractivity contribution is 6.12. The summed E-state index contributed by atoms with van der Waals surface area (Å²) in [5.41, 5.74) is 5.89. The lowest BCUT2D eigenvalue weighted by atomic mass is 9.98. The maximum Gasteiger partial charge on any atom is 0.213 e. The zero-order valence-corrected chi connectivity index (χ0v) is 13.3. The quantitative estimate of drug-likeness (QED) is 0.488. The summed E-state index contributed by atoms with van der Waals surface area (Å²) >= 11 is 0. The van der Waals surface area contributed by atoms with E-state index < -0.39 is 6.85 Å². The molecule has 3 aromatic heterocycles. The minimum atomic E-state index is -2.12. The second-order valence-corrected chi connectivity index (χ2v) is 5.97. The van der Waals surface area contributed by atoms with E-state index in [9.17, 15) is 0 Å². The molecule has 0 aliphatic heterocycles. The predicted molar refractivity (Wildman–Crippen MR) is 92.3 cm³/mol. The maximum atomic E-state index is 7.62. The fourth-order valence-corrected chi connectivity index (χ4v) is 3.18. The molecule has 23 heavy (non-hydrogen) atoms. The molecule has 0 aliphatic carbocycles. The SMILES string of the molecule is [2H]C([2H])([2H])c1ccc(-c2c(C)ccc3oc4cnc(C)cc4c23)[n+](C)c1. The van der Waals surface area contributed by atoms with Crippen molar-refractivity contribution in [3.8, 4) is 11.3 Å². The molecule has 1 aromatic carbocycles. The van der Waals surface area contributed by atoms with Gasteiger partial charge in [-0.1, -0.05) is 6.07 Å². The number of furan rings is 1. The van der Waals surface area contributed by atoms with Gasteiger partial charge in [-0.3, -0.25) is 4.98 Å².